The number of aryl methyl sites for hydroxylation is 3. The molecule has 2 aromatic carbocycles. The Bertz CT molecular complexity index is 1040. The highest BCUT2D eigenvalue weighted by Gasteiger charge is 2.18. The molecule has 3 aromatic rings. The Kier molecular flexibility index (Phi) is 5.39. The lowest BCUT2D eigenvalue weighted by molar-refractivity contribution is -0.384. The molecule has 1 amide bonds. The second kappa shape index (κ2) is 7.91. The summed E-state index contributed by atoms with van der Waals surface area (Å²) in [5.41, 5.74) is 2.99. The van der Waals surface area contributed by atoms with E-state index in [1.54, 1.807) is 19.2 Å². The van der Waals surface area contributed by atoms with Crippen LogP contribution in [0.3, 0.4) is 0 Å². The molecular formula is C20H20N4O4. The van der Waals surface area contributed by atoms with Crippen molar-refractivity contribution in [3.63, 3.8) is 0 Å². The number of nitro groups is 1. The minimum atomic E-state index is -0.530. The summed E-state index contributed by atoms with van der Waals surface area (Å²) >= 11 is 0. The Labute approximate surface area is 161 Å². The van der Waals surface area contributed by atoms with Gasteiger partial charge in [-0.15, -0.1) is 0 Å². The highest BCUT2D eigenvalue weighted by atomic mass is 16.6. The number of nitro benzene ring substituents is 1. The number of nitrogens with one attached hydrogen (secondary N) is 1. The van der Waals surface area contributed by atoms with Crippen molar-refractivity contribution in [3.8, 4) is 5.75 Å². The van der Waals surface area contributed by atoms with Crippen LogP contribution in [-0.4, -0.2) is 20.6 Å². The van der Waals surface area contributed by atoms with Crippen LogP contribution in [-0.2, 0) is 6.73 Å². The zero-order valence-corrected chi connectivity index (χ0v) is 15.8. The van der Waals surface area contributed by atoms with Crippen molar-refractivity contribution in [3.05, 3.63) is 81.2 Å². The van der Waals surface area contributed by atoms with Gasteiger partial charge in [-0.05, 0) is 50.1 Å². The maximum atomic E-state index is 12.4. The second-order valence-corrected chi connectivity index (χ2v) is 6.51. The first-order chi connectivity index (χ1) is 13.3. The summed E-state index contributed by atoms with van der Waals surface area (Å²) in [6.07, 6.45) is 1.61. The molecule has 0 unspecified atom stereocenters. The summed E-state index contributed by atoms with van der Waals surface area (Å²) < 4.78 is 7.22. The number of rotatable bonds is 6. The number of ether oxygens (including phenoxy) is 1. The summed E-state index contributed by atoms with van der Waals surface area (Å²) in [6, 6.07) is 12.0. The number of hydrogen-bond donors (Lipinski definition) is 1. The van der Waals surface area contributed by atoms with E-state index in [1.165, 1.54) is 22.9 Å². The Morgan fingerprint density at radius 3 is 2.57 bits per heavy atom. The Balaban J connectivity index is 1.68. The molecule has 0 atom stereocenters. The molecule has 1 heterocycles. The number of aromatic nitrogens is 2. The van der Waals surface area contributed by atoms with Crippen molar-refractivity contribution in [1.29, 1.82) is 0 Å². The van der Waals surface area contributed by atoms with Gasteiger partial charge in [0.15, 0.2) is 12.4 Å². The largest absolute Gasteiger partial charge is 0.471 e. The molecule has 0 saturated heterocycles. The van der Waals surface area contributed by atoms with Crippen molar-refractivity contribution >= 4 is 17.3 Å². The standard InChI is InChI=1S/C20H20N4O4/c1-13-5-7-19(15(3)10-13)28-12-23-9-8-17(22-23)20(25)21-16-6-4-14(2)11-18(16)24(26)27/h4-11H,12H2,1-3H3,(H,21,25). The zero-order valence-electron chi connectivity index (χ0n) is 15.8. The van der Waals surface area contributed by atoms with E-state index in [-0.39, 0.29) is 23.8 Å². The lowest BCUT2D eigenvalue weighted by Crippen LogP contribution is -2.15. The number of nitrogens with zero attached hydrogens (tertiary/aromatic N) is 3. The number of carbonyl (C=O) groups is 1. The predicted molar refractivity (Wildman–Crippen MR) is 105 cm³/mol. The van der Waals surface area contributed by atoms with Gasteiger partial charge in [0.1, 0.15) is 11.4 Å². The van der Waals surface area contributed by atoms with Gasteiger partial charge in [-0.25, -0.2) is 4.68 Å². The molecule has 0 aliphatic heterocycles. The summed E-state index contributed by atoms with van der Waals surface area (Å²) in [6.45, 7) is 5.85. The van der Waals surface area contributed by atoms with Gasteiger partial charge in [-0.2, -0.15) is 5.10 Å². The summed E-state index contributed by atoms with van der Waals surface area (Å²) in [4.78, 5) is 23.1. The number of anilines is 1. The number of amides is 1. The topological polar surface area (TPSA) is 99.3 Å². The minimum Gasteiger partial charge on any atom is -0.471 e. The van der Waals surface area contributed by atoms with Crippen LogP contribution in [0.15, 0.2) is 48.7 Å². The molecule has 1 aromatic heterocycles. The van der Waals surface area contributed by atoms with Crippen molar-refractivity contribution in [2.45, 2.75) is 27.5 Å². The zero-order chi connectivity index (χ0) is 20.3. The fourth-order valence-electron chi connectivity index (χ4n) is 2.74. The van der Waals surface area contributed by atoms with Gasteiger partial charge in [0.25, 0.3) is 11.6 Å². The Hall–Kier alpha value is -3.68. The average molecular weight is 380 g/mol. The third-order valence-electron chi connectivity index (χ3n) is 4.15. The van der Waals surface area contributed by atoms with E-state index in [9.17, 15) is 14.9 Å². The molecule has 0 aliphatic carbocycles. The molecular weight excluding hydrogens is 360 g/mol. The van der Waals surface area contributed by atoms with Gasteiger partial charge >= 0.3 is 0 Å². The Morgan fingerprint density at radius 1 is 1.14 bits per heavy atom. The smallest absolute Gasteiger partial charge is 0.293 e. The molecule has 3 rings (SSSR count). The van der Waals surface area contributed by atoms with E-state index in [4.69, 9.17) is 4.74 Å². The van der Waals surface area contributed by atoms with Crippen LogP contribution < -0.4 is 10.1 Å². The molecule has 0 saturated carbocycles. The first-order valence-electron chi connectivity index (χ1n) is 8.63. The Morgan fingerprint density at radius 2 is 1.86 bits per heavy atom. The molecule has 144 valence electrons. The SMILES string of the molecule is Cc1ccc(OCn2ccc(C(=O)Nc3ccc(C)cc3[N+](=O)[O-])n2)c(C)c1. The van der Waals surface area contributed by atoms with Crippen molar-refractivity contribution in [2.24, 2.45) is 0 Å². The van der Waals surface area contributed by atoms with Crippen LogP contribution in [0.25, 0.3) is 0 Å². The van der Waals surface area contributed by atoms with Gasteiger partial charge < -0.3 is 10.1 Å². The third-order valence-corrected chi connectivity index (χ3v) is 4.15. The van der Waals surface area contributed by atoms with Gasteiger partial charge in [-0.1, -0.05) is 23.8 Å². The molecule has 0 radical (unpaired) electrons. The third kappa shape index (κ3) is 4.35. The quantitative estimate of drug-likeness (QED) is 0.515. The van der Waals surface area contributed by atoms with Crippen molar-refractivity contribution < 1.29 is 14.5 Å². The monoisotopic (exact) mass is 380 g/mol. The predicted octanol–water partition coefficient (Wildman–Crippen LogP) is 4.01. The molecule has 8 heteroatoms. The second-order valence-electron chi connectivity index (χ2n) is 6.51. The number of hydrogen-bond acceptors (Lipinski definition) is 5. The maximum Gasteiger partial charge on any atom is 0.293 e. The fourth-order valence-corrected chi connectivity index (χ4v) is 2.74. The summed E-state index contributed by atoms with van der Waals surface area (Å²) in [5, 5.41) is 17.9. The lowest BCUT2D eigenvalue weighted by Gasteiger charge is -2.09. The van der Waals surface area contributed by atoms with E-state index in [1.807, 2.05) is 32.0 Å². The van der Waals surface area contributed by atoms with Crippen LogP contribution in [0.4, 0.5) is 11.4 Å². The molecule has 0 fully saturated rings. The summed E-state index contributed by atoms with van der Waals surface area (Å²) in [7, 11) is 0. The van der Waals surface area contributed by atoms with Crippen molar-refractivity contribution in [2.75, 3.05) is 5.32 Å². The van der Waals surface area contributed by atoms with Gasteiger partial charge in [0.05, 0.1) is 4.92 Å². The van der Waals surface area contributed by atoms with E-state index in [0.717, 1.165) is 22.4 Å². The number of carbonyl (C=O) groups excluding carboxylic acids is 1. The minimum absolute atomic E-state index is 0.127. The normalized spacial score (nSPS) is 10.5. The van der Waals surface area contributed by atoms with Crippen LogP contribution in [0.1, 0.15) is 27.2 Å². The highest BCUT2D eigenvalue weighted by molar-refractivity contribution is 6.04. The van der Waals surface area contributed by atoms with Gasteiger partial charge in [0.2, 0.25) is 0 Å². The van der Waals surface area contributed by atoms with Crippen LogP contribution in [0.5, 0.6) is 5.75 Å². The molecule has 1 N–H and O–H groups in total. The molecule has 0 bridgehead atoms. The lowest BCUT2D eigenvalue weighted by atomic mass is 10.1. The fraction of sp³-hybridized carbons (Fsp3) is 0.200. The van der Waals surface area contributed by atoms with Crippen LogP contribution >= 0.6 is 0 Å². The van der Waals surface area contributed by atoms with Gasteiger partial charge in [0, 0.05) is 12.3 Å². The van der Waals surface area contributed by atoms with Crippen LogP contribution in [0.2, 0.25) is 0 Å². The number of benzene rings is 2. The first kappa shape index (κ1) is 19.1. The highest BCUT2D eigenvalue weighted by Crippen LogP contribution is 2.25. The maximum absolute atomic E-state index is 12.4. The van der Waals surface area contributed by atoms with Crippen LogP contribution in [0, 0.1) is 30.9 Å². The van der Waals surface area contributed by atoms with Crippen molar-refractivity contribution in [1.82, 2.24) is 9.78 Å². The molecule has 0 aliphatic rings. The first-order valence-corrected chi connectivity index (χ1v) is 8.63. The summed E-state index contributed by atoms with van der Waals surface area (Å²) in [5.74, 6) is 0.208. The van der Waals surface area contributed by atoms with Gasteiger partial charge in [-0.3, -0.25) is 14.9 Å². The van der Waals surface area contributed by atoms with E-state index < -0.39 is 10.8 Å². The van der Waals surface area contributed by atoms with E-state index in [0.29, 0.717) is 0 Å². The van der Waals surface area contributed by atoms with E-state index in [2.05, 4.69) is 10.4 Å². The average Bonchev–Trinajstić information content (AvgIpc) is 3.11. The molecule has 0 spiro atoms. The molecule has 28 heavy (non-hydrogen) atoms. The van der Waals surface area contributed by atoms with E-state index >= 15 is 0 Å². The molecule has 8 nitrogen and oxygen atoms in total.